The molecule has 0 fully saturated rings. The van der Waals surface area contributed by atoms with Crippen LogP contribution in [-0.4, -0.2) is 57.3 Å². The first-order valence-electron chi connectivity index (χ1n) is 15.1. The molecule has 0 saturated heterocycles. The van der Waals surface area contributed by atoms with E-state index in [0.29, 0.717) is 12.8 Å². The number of nitrogens with one attached hydrogen (secondary N) is 1. The van der Waals surface area contributed by atoms with E-state index in [1.807, 2.05) is 0 Å². The summed E-state index contributed by atoms with van der Waals surface area (Å²) < 4.78 is 0. The Kier molecular flexibility index (Phi) is 25.0. The maximum absolute atomic E-state index is 12.3. The molecule has 4 atom stereocenters. The van der Waals surface area contributed by atoms with Crippen molar-refractivity contribution in [3.8, 4) is 0 Å². The van der Waals surface area contributed by atoms with Crippen molar-refractivity contribution in [2.75, 3.05) is 6.61 Å². The normalized spacial score (nSPS) is 15.2. The number of aliphatic hydroxyl groups is 4. The Morgan fingerprint density at radius 2 is 1.11 bits per heavy atom. The standard InChI is InChI=1S/C30H59NO5/c1-3-5-7-9-11-13-14-16-18-20-22-24-28(34)30(36)31-26(25-32)29(35)27(33)23-21-19-17-15-12-10-8-6-4-2/h11,13,26-29,32-35H,3-10,12,14-25H2,1-2H3,(H,31,36)/b13-11-. The number of unbranched alkanes of at least 4 members (excludes halogenated alkanes) is 15. The number of amides is 1. The number of aliphatic hydroxyl groups excluding tert-OH is 4. The summed E-state index contributed by atoms with van der Waals surface area (Å²) in [6.07, 6.45) is 22.3. The Morgan fingerprint density at radius 1 is 0.667 bits per heavy atom. The third kappa shape index (κ3) is 20.1. The molecule has 1 amide bonds. The molecule has 4 unspecified atom stereocenters. The molecule has 0 aliphatic heterocycles. The first-order valence-corrected chi connectivity index (χ1v) is 15.1. The van der Waals surface area contributed by atoms with Gasteiger partial charge in [-0.2, -0.15) is 0 Å². The van der Waals surface area contributed by atoms with Gasteiger partial charge in [-0.15, -0.1) is 0 Å². The molecule has 0 heterocycles. The van der Waals surface area contributed by atoms with Crippen molar-refractivity contribution >= 4 is 5.91 Å². The van der Waals surface area contributed by atoms with Crippen LogP contribution in [-0.2, 0) is 4.79 Å². The number of carbonyl (C=O) groups excluding carboxylic acids is 1. The van der Waals surface area contributed by atoms with Crippen molar-refractivity contribution in [1.29, 1.82) is 0 Å². The molecule has 6 nitrogen and oxygen atoms in total. The Hall–Kier alpha value is -0.950. The van der Waals surface area contributed by atoms with Crippen LogP contribution in [0.4, 0.5) is 0 Å². The van der Waals surface area contributed by atoms with Gasteiger partial charge < -0.3 is 25.7 Å². The fourth-order valence-corrected chi connectivity index (χ4v) is 4.45. The first kappa shape index (κ1) is 35.0. The summed E-state index contributed by atoms with van der Waals surface area (Å²) in [4.78, 5) is 12.3. The first-order chi connectivity index (χ1) is 17.5. The van der Waals surface area contributed by atoms with Crippen molar-refractivity contribution in [3.05, 3.63) is 12.2 Å². The fraction of sp³-hybridized carbons (Fsp3) is 0.900. The molecule has 0 aromatic carbocycles. The molecular formula is C30H59NO5. The zero-order valence-electron chi connectivity index (χ0n) is 23.5. The highest BCUT2D eigenvalue weighted by Crippen LogP contribution is 2.14. The van der Waals surface area contributed by atoms with Gasteiger partial charge in [-0.1, -0.05) is 116 Å². The summed E-state index contributed by atoms with van der Waals surface area (Å²) in [5.41, 5.74) is 0. The zero-order valence-corrected chi connectivity index (χ0v) is 23.5. The average Bonchev–Trinajstić information content (AvgIpc) is 2.88. The maximum Gasteiger partial charge on any atom is 0.249 e. The molecule has 214 valence electrons. The van der Waals surface area contributed by atoms with Gasteiger partial charge in [0.1, 0.15) is 12.2 Å². The zero-order chi connectivity index (χ0) is 26.9. The third-order valence-corrected chi connectivity index (χ3v) is 6.98. The number of rotatable bonds is 26. The lowest BCUT2D eigenvalue weighted by Crippen LogP contribution is -2.53. The molecule has 0 saturated carbocycles. The summed E-state index contributed by atoms with van der Waals surface area (Å²) in [5, 5.41) is 43.0. The van der Waals surface area contributed by atoms with E-state index in [0.717, 1.165) is 57.8 Å². The van der Waals surface area contributed by atoms with E-state index in [9.17, 15) is 25.2 Å². The molecule has 0 aromatic rings. The average molecular weight is 514 g/mol. The van der Waals surface area contributed by atoms with Crippen molar-refractivity contribution in [2.24, 2.45) is 0 Å². The van der Waals surface area contributed by atoms with Crippen LogP contribution in [0.25, 0.3) is 0 Å². The van der Waals surface area contributed by atoms with Crippen molar-refractivity contribution in [3.63, 3.8) is 0 Å². The van der Waals surface area contributed by atoms with E-state index in [4.69, 9.17) is 0 Å². The van der Waals surface area contributed by atoms with Gasteiger partial charge in [0.05, 0.1) is 18.8 Å². The second-order valence-corrected chi connectivity index (χ2v) is 10.4. The molecule has 0 aliphatic carbocycles. The van der Waals surface area contributed by atoms with Gasteiger partial charge in [-0.25, -0.2) is 0 Å². The highest BCUT2D eigenvalue weighted by Gasteiger charge is 2.28. The van der Waals surface area contributed by atoms with Crippen LogP contribution >= 0.6 is 0 Å². The summed E-state index contributed by atoms with van der Waals surface area (Å²) in [5.74, 6) is -0.599. The molecule has 0 rings (SSSR count). The Bertz CT molecular complexity index is 514. The van der Waals surface area contributed by atoms with Crippen LogP contribution in [0.1, 0.15) is 142 Å². The Labute approximate surface area is 222 Å². The molecular weight excluding hydrogens is 454 g/mol. The second-order valence-electron chi connectivity index (χ2n) is 10.4. The number of allylic oxidation sites excluding steroid dienone is 2. The van der Waals surface area contributed by atoms with Gasteiger partial charge in [0, 0.05) is 0 Å². The number of carbonyl (C=O) groups is 1. The van der Waals surface area contributed by atoms with E-state index in [1.165, 1.54) is 57.8 Å². The molecule has 0 spiro atoms. The molecule has 5 N–H and O–H groups in total. The summed E-state index contributed by atoms with van der Waals surface area (Å²) >= 11 is 0. The molecule has 0 aliphatic rings. The van der Waals surface area contributed by atoms with E-state index < -0.39 is 36.9 Å². The lowest BCUT2D eigenvalue weighted by molar-refractivity contribution is -0.132. The largest absolute Gasteiger partial charge is 0.394 e. The Balaban J connectivity index is 3.95. The minimum absolute atomic E-state index is 0.355. The smallest absolute Gasteiger partial charge is 0.249 e. The highest BCUT2D eigenvalue weighted by atomic mass is 16.3. The van der Waals surface area contributed by atoms with Gasteiger partial charge in [-0.05, 0) is 38.5 Å². The predicted molar refractivity (Wildman–Crippen MR) is 150 cm³/mol. The summed E-state index contributed by atoms with van der Waals surface area (Å²) in [6, 6.07) is -0.982. The SMILES string of the molecule is CCCCC/C=C\CCCCCCC(O)C(=O)NC(CO)C(O)C(O)CCCCCCCCCCC. The van der Waals surface area contributed by atoms with Crippen LogP contribution < -0.4 is 5.32 Å². The summed E-state index contributed by atoms with van der Waals surface area (Å²) in [7, 11) is 0. The molecule has 0 bridgehead atoms. The van der Waals surface area contributed by atoms with Crippen LogP contribution in [0.5, 0.6) is 0 Å². The van der Waals surface area contributed by atoms with E-state index >= 15 is 0 Å². The second kappa shape index (κ2) is 25.7. The van der Waals surface area contributed by atoms with Gasteiger partial charge in [0.2, 0.25) is 5.91 Å². The van der Waals surface area contributed by atoms with Crippen molar-refractivity contribution < 1.29 is 25.2 Å². The van der Waals surface area contributed by atoms with Crippen molar-refractivity contribution in [1.82, 2.24) is 5.32 Å². The molecule has 36 heavy (non-hydrogen) atoms. The molecule has 6 heteroatoms. The molecule has 0 aromatic heterocycles. The van der Waals surface area contributed by atoms with Crippen LogP contribution in [0.3, 0.4) is 0 Å². The predicted octanol–water partition coefficient (Wildman–Crippen LogP) is 5.94. The lowest BCUT2D eigenvalue weighted by Gasteiger charge is -2.27. The monoisotopic (exact) mass is 513 g/mol. The van der Waals surface area contributed by atoms with Gasteiger partial charge in [0.15, 0.2) is 0 Å². The fourth-order valence-electron chi connectivity index (χ4n) is 4.45. The number of hydrogen-bond acceptors (Lipinski definition) is 5. The van der Waals surface area contributed by atoms with E-state index in [-0.39, 0.29) is 0 Å². The van der Waals surface area contributed by atoms with Crippen LogP contribution in [0.2, 0.25) is 0 Å². The Morgan fingerprint density at radius 3 is 1.67 bits per heavy atom. The topological polar surface area (TPSA) is 110 Å². The number of hydrogen-bond donors (Lipinski definition) is 5. The highest BCUT2D eigenvalue weighted by molar-refractivity contribution is 5.80. The minimum atomic E-state index is -1.25. The lowest BCUT2D eigenvalue weighted by atomic mass is 9.99. The third-order valence-electron chi connectivity index (χ3n) is 6.98. The van der Waals surface area contributed by atoms with Gasteiger partial charge >= 0.3 is 0 Å². The maximum atomic E-state index is 12.3. The summed E-state index contributed by atoms with van der Waals surface area (Å²) in [6.45, 7) is 3.94. The van der Waals surface area contributed by atoms with Crippen LogP contribution in [0.15, 0.2) is 12.2 Å². The minimum Gasteiger partial charge on any atom is -0.394 e. The van der Waals surface area contributed by atoms with E-state index in [2.05, 4.69) is 31.3 Å². The van der Waals surface area contributed by atoms with Crippen LogP contribution in [0, 0.1) is 0 Å². The quantitative estimate of drug-likeness (QED) is 0.0726. The van der Waals surface area contributed by atoms with Gasteiger partial charge in [-0.3, -0.25) is 4.79 Å². The van der Waals surface area contributed by atoms with Crippen molar-refractivity contribution in [2.45, 2.75) is 167 Å². The van der Waals surface area contributed by atoms with E-state index in [1.54, 1.807) is 0 Å². The van der Waals surface area contributed by atoms with Gasteiger partial charge in [0.25, 0.3) is 0 Å². The molecule has 0 radical (unpaired) electrons.